The molecule has 5 aromatic rings. The van der Waals surface area contributed by atoms with Crippen molar-refractivity contribution < 1.29 is 23.7 Å². The number of benzene rings is 5. The van der Waals surface area contributed by atoms with Crippen LogP contribution in [0.15, 0.2) is 91.0 Å². The van der Waals surface area contributed by atoms with Crippen LogP contribution in [0.3, 0.4) is 0 Å². The van der Waals surface area contributed by atoms with E-state index >= 15 is 0 Å². The molecule has 0 radical (unpaired) electrons. The lowest BCUT2D eigenvalue weighted by molar-refractivity contribution is 0.0988. The van der Waals surface area contributed by atoms with Crippen molar-refractivity contribution in [1.29, 1.82) is 0 Å². The monoisotopic (exact) mass is 531 g/mol. The first-order valence-corrected chi connectivity index (χ1v) is 13.0. The fourth-order valence-corrected chi connectivity index (χ4v) is 5.37. The second-order valence-electron chi connectivity index (χ2n) is 9.66. The largest absolute Gasteiger partial charge is 0.493 e. The van der Waals surface area contributed by atoms with Crippen LogP contribution in [0, 0.1) is 6.92 Å². The molecule has 0 N–H and O–H groups in total. The minimum atomic E-state index is -0.184. The van der Waals surface area contributed by atoms with Gasteiger partial charge in [-0.2, -0.15) is 0 Å². The van der Waals surface area contributed by atoms with E-state index in [2.05, 4.69) is 36.4 Å². The Morgan fingerprint density at radius 1 is 0.775 bits per heavy atom. The molecule has 5 aromatic carbocycles. The Labute approximate surface area is 233 Å². The van der Waals surface area contributed by atoms with Crippen LogP contribution in [0.2, 0.25) is 0 Å². The number of hydrogen-bond donors (Lipinski definition) is 0. The zero-order valence-corrected chi connectivity index (χ0v) is 22.9. The summed E-state index contributed by atoms with van der Waals surface area (Å²) in [6, 6.07) is 30.2. The lowest BCUT2D eigenvalue weighted by Gasteiger charge is -2.23. The highest BCUT2D eigenvalue weighted by atomic mass is 16.7. The highest BCUT2D eigenvalue weighted by molar-refractivity contribution is 6.15. The quantitative estimate of drug-likeness (QED) is 0.227. The highest BCUT2D eigenvalue weighted by Gasteiger charge is 2.28. The van der Waals surface area contributed by atoms with Crippen LogP contribution >= 0.6 is 0 Å². The summed E-state index contributed by atoms with van der Waals surface area (Å²) >= 11 is 0. The molecule has 1 aliphatic heterocycles. The van der Waals surface area contributed by atoms with Gasteiger partial charge in [-0.1, -0.05) is 72.8 Å². The van der Waals surface area contributed by atoms with Gasteiger partial charge in [0.15, 0.2) is 23.0 Å². The molecule has 0 fully saturated rings. The molecule has 6 heteroatoms. The summed E-state index contributed by atoms with van der Waals surface area (Å²) in [6.07, 6.45) is 0. The third kappa shape index (κ3) is 4.18. The average molecular weight is 532 g/mol. The van der Waals surface area contributed by atoms with Crippen molar-refractivity contribution >= 4 is 22.4 Å². The van der Waals surface area contributed by atoms with Gasteiger partial charge >= 0.3 is 0 Å². The molecule has 0 spiro atoms. The Morgan fingerprint density at radius 3 is 2.23 bits per heavy atom. The highest BCUT2D eigenvalue weighted by Crippen LogP contribution is 2.47. The van der Waals surface area contributed by atoms with Crippen molar-refractivity contribution in [2.45, 2.75) is 6.92 Å². The van der Waals surface area contributed by atoms with E-state index in [1.54, 1.807) is 26.2 Å². The van der Waals surface area contributed by atoms with E-state index in [0.717, 1.165) is 44.3 Å². The van der Waals surface area contributed by atoms with Gasteiger partial charge in [0.1, 0.15) is 0 Å². The first kappa shape index (κ1) is 25.3. The third-order valence-corrected chi connectivity index (χ3v) is 7.41. The van der Waals surface area contributed by atoms with Gasteiger partial charge in [-0.3, -0.25) is 4.79 Å². The number of aryl methyl sites for hydroxylation is 1. The molecule has 0 unspecified atom stereocenters. The van der Waals surface area contributed by atoms with Gasteiger partial charge in [-0.15, -0.1) is 0 Å². The third-order valence-electron chi connectivity index (χ3n) is 7.41. The second-order valence-corrected chi connectivity index (χ2v) is 9.66. The van der Waals surface area contributed by atoms with Gasteiger partial charge in [0, 0.05) is 18.0 Å². The van der Waals surface area contributed by atoms with E-state index < -0.39 is 0 Å². The van der Waals surface area contributed by atoms with Crippen molar-refractivity contribution in [1.82, 2.24) is 0 Å². The molecule has 0 atom stereocenters. The summed E-state index contributed by atoms with van der Waals surface area (Å²) in [6.45, 7) is 2.00. The first-order chi connectivity index (χ1) is 19.5. The molecule has 40 heavy (non-hydrogen) atoms. The normalized spacial score (nSPS) is 11.9. The Bertz CT molecular complexity index is 1730. The molecule has 1 amide bonds. The summed E-state index contributed by atoms with van der Waals surface area (Å²) in [7, 11) is 5.04. The van der Waals surface area contributed by atoms with Gasteiger partial charge in [-0.25, -0.2) is 0 Å². The van der Waals surface area contributed by atoms with Crippen molar-refractivity contribution in [2.75, 3.05) is 33.0 Å². The molecule has 0 aromatic heterocycles. The predicted molar refractivity (Wildman–Crippen MR) is 158 cm³/mol. The summed E-state index contributed by atoms with van der Waals surface area (Å²) < 4.78 is 22.9. The number of carbonyl (C=O) groups excluding carboxylic acids is 1. The summed E-state index contributed by atoms with van der Waals surface area (Å²) in [5.74, 6) is 2.09. The topological polar surface area (TPSA) is 57.2 Å². The SMILES string of the molecule is COc1cc2c(N(C)C(=O)c3c(C)ccc4c3OCO4)cccc2c(-c2ccc(-c3ccccc3)cc2)c1OC. The lowest BCUT2D eigenvalue weighted by atomic mass is 9.93. The first-order valence-electron chi connectivity index (χ1n) is 13.0. The van der Waals surface area contributed by atoms with Crippen LogP contribution in [-0.4, -0.2) is 34.0 Å². The average Bonchev–Trinajstić information content (AvgIpc) is 3.48. The molecular formula is C34H29NO5. The maximum absolute atomic E-state index is 13.9. The number of ether oxygens (including phenoxy) is 4. The molecule has 0 saturated heterocycles. The number of fused-ring (bicyclic) bond motifs is 2. The van der Waals surface area contributed by atoms with E-state index in [0.29, 0.717) is 28.6 Å². The molecule has 0 bridgehead atoms. The van der Waals surface area contributed by atoms with Crippen LogP contribution in [0.4, 0.5) is 5.69 Å². The molecule has 200 valence electrons. The molecule has 6 nitrogen and oxygen atoms in total. The number of nitrogens with zero attached hydrogens (tertiary/aromatic N) is 1. The van der Waals surface area contributed by atoms with Crippen LogP contribution < -0.4 is 23.8 Å². The number of methoxy groups -OCH3 is 2. The number of rotatable bonds is 6. The second kappa shape index (κ2) is 10.3. The lowest BCUT2D eigenvalue weighted by Crippen LogP contribution is -2.27. The van der Waals surface area contributed by atoms with E-state index in [1.165, 1.54) is 0 Å². The molecule has 0 saturated carbocycles. The standard InChI is InChI=1S/C34H29NO5/c1-21-13-18-28-33(40-20-39-28)30(21)34(36)35(2)27-12-8-11-25-26(27)19-29(37-3)32(38-4)31(25)24-16-14-23(15-17-24)22-9-6-5-7-10-22/h5-19H,20H2,1-4H3. The maximum Gasteiger partial charge on any atom is 0.262 e. The van der Waals surface area contributed by atoms with Crippen LogP contribution in [0.1, 0.15) is 15.9 Å². The zero-order chi connectivity index (χ0) is 27.8. The molecule has 1 heterocycles. The molecular weight excluding hydrogens is 502 g/mol. The van der Waals surface area contributed by atoms with Crippen LogP contribution in [0.25, 0.3) is 33.0 Å². The van der Waals surface area contributed by atoms with Crippen molar-refractivity contribution in [3.63, 3.8) is 0 Å². The van der Waals surface area contributed by atoms with Gasteiger partial charge < -0.3 is 23.8 Å². The van der Waals surface area contributed by atoms with Gasteiger partial charge in [0.2, 0.25) is 6.79 Å². The van der Waals surface area contributed by atoms with Crippen molar-refractivity contribution in [2.24, 2.45) is 0 Å². The molecule has 1 aliphatic rings. The van der Waals surface area contributed by atoms with Crippen LogP contribution in [-0.2, 0) is 0 Å². The fourth-order valence-electron chi connectivity index (χ4n) is 5.37. The van der Waals surface area contributed by atoms with Crippen molar-refractivity contribution in [3.05, 3.63) is 102 Å². The van der Waals surface area contributed by atoms with E-state index in [1.807, 2.05) is 61.5 Å². The minimum absolute atomic E-state index is 0.0977. The Balaban J connectivity index is 1.50. The van der Waals surface area contributed by atoms with Crippen LogP contribution in [0.5, 0.6) is 23.0 Å². The van der Waals surface area contributed by atoms with E-state index in [4.69, 9.17) is 18.9 Å². The van der Waals surface area contributed by atoms with E-state index in [-0.39, 0.29) is 12.7 Å². The predicted octanol–water partition coefficient (Wildman–Crippen LogP) is 7.50. The number of amides is 1. The Morgan fingerprint density at radius 2 is 1.50 bits per heavy atom. The Kier molecular flexibility index (Phi) is 6.52. The van der Waals surface area contributed by atoms with Gasteiger partial charge in [-0.05, 0) is 52.8 Å². The number of anilines is 1. The molecule has 6 rings (SSSR count). The minimum Gasteiger partial charge on any atom is -0.493 e. The zero-order valence-electron chi connectivity index (χ0n) is 22.9. The Hall–Kier alpha value is -4.97. The summed E-state index contributed by atoms with van der Waals surface area (Å²) in [5.41, 5.74) is 6.20. The number of carbonyl (C=O) groups is 1. The summed E-state index contributed by atoms with van der Waals surface area (Å²) in [5, 5.41) is 1.80. The maximum atomic E-state index is 13.9. The fraction of sp³-hybridized carbons (Fsp3) is 0.147. The summed E-state index contributed by atoms with van der Waals surface area (Å²) in [4.78, 5) is 15.6. The van der Waals surface area contributed by atoms with E-state index in [9.17, 15) is 4.79 Å². The number of hydrogen-bond acceptors (Lipinski definition) is 5. The van der Waals surface area contributed by atoms with Crippen molar-refractivity contribution in [3.8, 4) is 45.3 Å². The molecule has 0 aliphatic carbocycles. The van der Waals surface area contributed by atoms with Gasteiger partial charge in [0.25, 0.3) is 5.91 Å². The smallest absolute Gasteiger partial charge is 0.262 e. The van der Waals surface area contributed by atoms with Gasteiger partial charge in [0.05, 0.1) is 25.5 Å².